The lowest BCUT2D eigenvalue weighted by Gasteiger charge is -2.42. The standard InChI is InChI=1S/C13H20ClN5/c14-11-7-16-13(18-15)17-12(11)19-6-5-9-3-1-2-4-10(9)8-19/h7,9-10H,1-6,8,15H2,(H,16,17,18). The van der Waals surface area contributed by atoms with Gasteiger partial charge in [-0.3, -0.25) is 5.43 Å². The third-order valence-corrected chi connectivity index (χ3v) is 4.71. The smallest absolute Gasteiger partial charge is 0.239 e. The Morgan fingerprint density at radius 2 is 2.05 bits per heavy atom. The second kappa shape index (κ2) is 5.51. The van der Waals surface area contributed by atoms with E-state index in [1.54, 1.807) is 6.20 Å². The van der Waals surface area contributed by atoms with Gasteiger partial charge in [0.15, 0.2) is 5.82 Å². The van der Waals surface area contributed by atoms with E-state index in [0.717, 1.165) is 30.7 Å². The van der Waals surface area contributed by atoms with Gasteiger partial charge in [0.2, 0.25) is 5.95 Å². The van der Waals surface area contributed by atoms with E-state index in [4.69, 9.17) is 17.4 Å². The second-order valence-electron chi connectivity index (χ2n) is 5.55. The van der Waals surface area contributed by atoms with Gasteiger partial charge in [0.05, 0.1) is 6.20 Å². The molecule has 1 aromatic rings. The summed E-state index contributed by atoms with van der Waals surface area (Å²) < 4.78 is 0. The van der Waals surface area contributed by atoms with Crippen molar-refractivity contribution in [3.05, 3.63) is 11.2 Å². The minimum atomic E-state index is 0.421. The van der Waals surface area contributed by atoms with Crippen LogP contribution >= 0.6 is 11.6 Å². The Hall–Kier alpha value is -1.07. The van der Waals surface area contributed by atoms with Gasteiger partial charge in [0, 0.05) is 13.1 Å². The molecule has 2 unspecified atom stereocenters. The first-order valence-electron chi connectivity index (χ1n) is 7.02. The zero-order valence-electron chi connectivity index (χ0n) is 11.0. The first kappa shape index (κ1) is 12.9. The van der Waals surface area contributed by atoms with Crippen molar-refractivity contribution < 1.29 is 0 Å². The van der Waals surface area contributed by atoms with E-state index in [1.807, 2.05) is 0 Å². The molecule has 5 nitrogen and oxygen atoms in total. The predicted octanol–water partition coefficient (Wildman–Crippen LogP) is 2.43. The van der Waals surface area contributed by atoms with Gasteiger partial charge < -0.3 is 4.90 Å². The molecular formula is C13H20ClN5. The number of hydrazine groups is 1. The molecule has 104 valence electrons. The molecule has 1 aliphatic carbocycles. The molecule has 0 aromatic carbocycles. The molecule has 1 saturated heterocycles. The number of aromatic nitrogens is 2. The Balaban J connectivity index is 1.79. The van der Waals surface area contributed by atoms with Crippen molar-refractivity contribution in [3.63, 3.8) is 0 Å². The summed E-state index contributed by atoms with van der Waals surface area (Å²) in [6.07, 6.45) is 8.36. The van der Waals surface area contributed by atoms with Gasteiger partial charge in [-0.05, 0) is 24.7 Å². The summed E-state index contributed by atoms with van der Waals surface area (Å²) in [5.41, 5.74) is 2.48. The summed E-state index contributed by atoms with van der Waals surface area (Å²) in [5.74, 6) is 8.30. The van der Waals surface area contributed by atoms with Crippen LogP contribution in [0.25, 0.3) is 0 Å². The van der Waals surface area contributed by atoms with Crippen molar-refractivity contribution in [2.75, 3.05) is 23.4 Å². The van der Waals surface area contributed by atoms with Crippen molar-refractivity contribution in [2.24, 2.45) is 17.7 Å². The number of hydrogen-bond acceptors (Lipinski definition) is 5. The average Bonchev–Trinajstić information content (AvgIpc) is 2.47. The number of halogens is 1. The maximum atomic E-state index is 6.23. The quantitative estimate of drug-likeness (QED) is 0.644. The van der Waals surface area contributed by atoms with Crippen molar-refractivity contribution >= 4 is 23.4 Å². The van der Waals surface area contributed by atoms with Gasteiger partial charge in [0.1, 0.15) is 5.02 Å². The van der Waals surface area contributed by atoms with E-state index >= 15 is 0 Å². The maximum absolute atomic E-state index is 6.23. The van der Waals surface area contributed by atoms with E-state index in [9.17, 15) is 0 Å². The molecule has 1 saturated carbocycles. The van der Waals surface area contributed by atoms with E-state index in [1.165, 1.54) is 32.1 Å². The second-order valence-corrected chi connectivity index (χ2v) is 5.96. The van der Waals surface area contributed by atoms with E-state index in [2.05, 4.69) is 20.3 Å². The Labute approximate surface area is 118 Å². The van der Waals surface area contributed by atoms with E-state index < -0.39 is 0 Å². The summed E-state index contributed by atoms with van der Waals surface area (Å²) in [6, 6.07) is 0. The molecule has 2 heterocycles. The van der Waals surface area contributed by atoms with Crippen LogP contribution in [0.2, 0.25) is 5.02 Å². The normalized spacial score (nSPS) is 26.9. The molecule has 2 atom stereocenters. The molecule has 0 amide bonds. The summed E-state index contributed by atoms with van der Waals surface area (Å²) in [5, 5.41) is 0.605. The van der Waals surface area contributed by atoms with E-state index in [-0.39, 0.29) is 0 Å². The van der Waals surface area contributed by atoms with Crippen molar-refractivity contribution in [1.82, 2.24) is 9.97 Å². The summed E-state index contributed by atoms with van der Waals surface area (Å²) in [7, 11) is 0. The number of nitrogens with one attached hydrogen (secondary N) is 1. The van der Waals surface area contributed by atoms with Crippen molar-refractivity contribution in [2.45, 2.75) is 32.1 Å². The molecule has 2 fully saturated rings. The third-order valence-electron chi connectivity index (χ3n) is 4.45. The molecule has 6 heteroatoms. The molecule has 1 aromatic heterocycles. The van der Waals surface area contributed by atoms with Crippen LogP contribution < -0.4 is 16.2 Å². The molecular weight excluding hydrogens is 262 g/mol. The van der Waals surface area contributed by atoms with Gasteiger partial charge in [-0.2, -0.15) is 4.98 Å². The number of fused-ring (bicyclic) bond motifs is 1. The lowest BCUT2D eigenvalue weighted by atomic mass is 9.75. The molecule has 0 spiro atoms. The highest BCUT2D eigenvalue weighted by atomic mass is 35.5. The van der Waals surface area contributed by atoms with Crippen LogP contribution in [0, 0.1) is 11.8 Å². The molecule has 3 N–H and O–H groups in total. The number of hydrogen-bond donors (Lipinski definition) is 2. The average molecular weight is 282 g/mol. The molecule has 3 rings (SSSR count). The minimum Gasteiger partial charge on any atom is -0.355 e. The molecule has 1 aliphatic heterocycles. The summed E-state index contributed by atoms with van der Waals surface area (Å²) in [4.78, 5) is 10.7. The van der Waals surface area contributed by atoms with E-state index in [0.29, 0.717) is 11.0 Å². The number of piperidine rings is 1. The zero-order valence-corrected chi connectivity index (χ0v) is 11.7. The van der Waals surface area contributed by atoms with Crippen LogP contribution in [0.15, 0.2) is 6.20 Å². The Morgan fingerprint density at radius 3 is 2.84 bits per heavy atom. The van der Waals surface area contributed by atoms with Crippen LogP contribution in [0.5, 0.6) is 0 Å². The number of nitrogens with two attached hydrogens (primary N) is 1. The maximum Gasteiger partial charge on any atom is 0.239 e. The van der Waals surface area contributed by atoms with Crippen molar-refractivity contribution in [3.8, 4) is 0 Å². The minimum absolute atomic E-state index is 0.421. The Morgan fingerprint density at radius 1 is 1.26 bits per heavy atom. The lowest BCUT2D eigenvalue weighted by Crippen LogP contribution is -2.42. The van der Waals surface area contributed by atoms with Crippen LogP contribution in [0.1, 0.15) is 32.1 Å². The Kier molecular flexibility index (Phi) is 3.75. The van der Waals surface area contributed by atoms with Gasteiger partial charge >= 0.3 is 0 Å². The highest BCUT2D eigenvalue weighted by molar-refractivity contribution is 6.32. The van der Waals surface area contributed by atoms with Crippen LogP contribution in [0.3, 0.4) is 0 Å². The molecule has 2 aliphatic rings. The number of nitrogen functional groups attached to an aromatic ring is 1. The van der Waals surface area contributed by atoms with Gasteiger partial charge in [-0.25, -0.2) is 10.8 Å². The fourth-order valence-electron chi connectivity index (χ4n) is 3.44. The number of rotatable bonds is 2. The monoisotopic (exact) mass is 281 g/mol. The predicted molar refractivity (Wildman–Crippen MR) is 77.1 cm³/mol. The molecule has 0 bridgehead atoms. The first-order chi connectivity index (χ1) is 9.28. The summed E-state index contributed by atoms with van der Waals surface area (Å²) in [6.45, 7) is 2.09. The molecule has 0 radical (unpaired) electrons. The van der Waals surface area contributed by atoms with Gasteiger partial charge in [0.25, 0.3) is 0 Å². The topological polar surface area (TPSA) is 67.1 Å². The number of nitrogens with zero attached hydrogens (tertiary/aromatic N) is 3. The SMILES string of the molecule is NNc1ncc(Cl)c(N2CCC3CCCCC3C2)n1. The van der Waals surface area contributed by atoms with Crippen LogP contribution in [-0.4, -0.2) is 23.1 Å². The summed E-state index contributed by atoms with van der Waals surface area (Å²) >= 11 is 6.23. The largest absolute Gasteiger partial charge is 0.355 e. The Bertz CT molecular complexity index is 453. The van der Waals surface area contributed by atoms with Crippen molar-refractivity contribution in [1.29, 1.82) is 0 Å². The fraction of sp³-hybridized carbons (Fsp3) is 0.692. The fourth-order valence-corrected chi connectivity index (χ4v) is 3.65. The zero-order chi connectivity index (χ0) is 13.2. The highest BCUT2D eigenvalue weighted by Crippen LogP contribution is 2.38. The molecule has 19 heavy (non-hydrogen) atoms. The van der Waals surface area contributed by atoms with Gasteiger partial charge in [-0.15, -0.1) is 0 Å². The lowest BCUT2D eigenvalue weighted by molar-refractivity contribution is 0.202. The third kappa shape index (κ3) is 2.62. The number of anilines is 2. The van der Waals surface area contributed by atoms with Crippen LogP contribution in [0.4, 0.5) is 11.8 Å². The van der Waals surface area contributed by atoms with Crippen LogP contribution in [-0.2, 0) is 0 Å². The van der Waals surface area contributed by atoms with Gasteiger partial charge in [-0.1, -0.05) is 30.9 Å². The first-order valence-corrected chi connectivity index (χ1v) is 7.40. The highest BCUT2D eigenvalue weighted by Gasteiger charge is 2.32.